The summed E-state index contributed by atoms with van der Waals surface area (Å²) in [4.78, 5) is 2.07. The first-order chi connectivity index (χ1) is 8.71. The van der Waals surface area contributed by atoms with Crippen LogP contribution in [0.5, 0.6) is 0 Å². The number of benzene rings is 1. The van der Waals surface area contributed by atoms with E-state index in [1.807, 2.05) is 20.9 Å². The molecule has 0 aliphatic rings. The van der Waals surface area contributed by atoms with E-state index in [0.717, 1.165) is 6.07 Å². The normalized spacial score (nSPS) is 12.3. The van der Waals surface area contributed by atoms with Crippen LogP contribution in [0.4, 0.5) is 18.9 Å². The average Bonchev–Trinajstić information content (AvgIpc) is 2.29. The summed E-state index contributed by atoms with van der Waals surface area (Å²) in [6.45, 7) is 5.24. The van der Waals surface area contributed by atoms with Crippen molar-refractivity contribution >= 4 is 21.6 Å². The maximum atomic E-state index is 12.9. The minimum atomic E-state index is -4.35. The molecule has 0 fully saturated rings. The van der Waals surface area contributed by atoms with Crippen molar-refractivity contribution in [2.24, 2.45) is 0 Å². The number of anilines is 1. The Morgan fingerprint density at radius 3 is 2.47 bits per heavy atom. The first kappa shape index (κ1) is 16.3. The van der Waals surface area contributed by atoms with E-state index in [0.29, 0.717) is 23.6 Å². The molecule has 0 aliphatic heterocycles. The molecule has 0 radical (unpaired) electrons. The maximum Gasteiger partial charge on any atom is 0.418 e. The summed E-state index contributed by atoms with van der Waals surface area (Å²) < 4.78 is 39.0. The van der Waals surface area contributed by atoms with Crippen LogP contribution in [0.3, 0.4) is 0 Å². The van der Waals surface area contributed by atoms with E-state index < -0.39 is 11.7 Å². The van der Waals surface area contributed by atoms with Gasteiger partial charge < -0.3 is 10.2 Å². The summed E-state index contributed by atoms with van der Waals surface area (Å²) >= 11 is 3.06. The van der Waals surface area contributed by atoms with Crippen LogP contribution in [0.2, 0.25) is 0 Å². The first-order valence-corrected chi connectivity index (χ1v) is 6.82. The van der Waals surface area contributed by atoms with Crippen molar-refractivity contribution in [3.63, 3.8) is 0 Å². The highest BCUT2D eigenvalue weighted by atomic mass is 79.9. The molecule has 0 spiro atoms. The number of nitrogens with one attached hydrogen (secondary N) is 1. The van der Waals surface area contributed by atoms with Crippen molar-refractivity contribution in [2.75, 3.05) is 25.5 Å². The molecule has 19 heavy (non-hydrogen) atoms. The molecule has 1 aromatic carbocycles. The van der Waals surface area contributed by atoms with Crippen LogP contribution in [-0.2, 0) is 6.18 Å². The third-order valence-corrected chi connectivity index (χ3v) is 3.44. The van der Waals surface area contributed by atoms with Gasteiger partial charge in [0.15, 0.2) is 0 Å². The second-order valence-electron chi connectivity index (χ2n) is 4.69. The van der Waals surface area contributed by atoms with Gasteiger partial charge in [-0.25, -0.2) is 0 Å². The topological polar surface area (TPSA) is 15.3 Å². The van der Waals surface area contributed by atoms with Gasteiger partial charge in [-0.1, -0.05) is 15.9 Å². The Morgan fingerprint density at radius 1 is 1.32 bits per heavy atom. The van der Waals surface area contributed by atoms with E-state index in [-0.39, 0.29) is 5.69 Å². The molecule has 0 amide bonds. The number of hydrogen-bond acceptors (Lipinski definition) is 2. The van der Waals surface area contributed by atoms with E-state index >= 15 is 0 Å². The zero-order valence-corrected chi connectivity index (χ0v) is 12.8. The SMILES string of the molecule is CC(C)N(C)CCNc1ccc(Br)cc1C(F)(F)F. The second kappa shape index (κ2) is 6.61. The molecule has 0 heterocycles. The number of alkyl halides is 3. The van der Waals surface area contributed by atoms with E-state index in [1.165, 1.54) is 6.07 Å². The lowest BCUT2D eigenvalue weighted by Gasteiger charge is -2.22. The molecule has 0 aliphatic carbocycles. The molecule has 0 atom stereocenters. The number of halogens is 4. The Hall–Kier alpha value is -0.750. The fourth-order valence-electron chi connectivity index (χ4n) is 1.53. The minimum Gasteiger partial charge on any atom is -0.383 e. The third kappa shape index (κ3) is 5.03. The molecule has 0 unspecified atom stereocenters. The Balaban J connectivity index is 2.73. The standard InChI is InChI=1S/C13H18BrF3N2/c1-9(2)19(3)7-6-18-12-5-4-10(14)8-11(12)13(15,16)17/h4-5,8-9,18H,6-7H2,1-3H3. The predicted molar refractivity (Wildman–Crippen MR) is 75.4 cm³/mol. The molecule has 0 saturated carbocycles. The van der Waals surface area contributed by atoms with Gasteiger partial charge in [-0.3, -0.25) is 0 Å². The van der Waals surface area contributed by atoms with Gasteiger partial charge in [0, 0.05) is 29.3 Å². The highest BCUT2D eigenvalue weighted by Gasteiger charge is 2.33. The molecule has 0 aromatic heterocycles. The monoisotopic (exact) mass is 338 g/mol. The van der Waals surface area contributed by atoms with E-state index in [9.17, 15) is 13.2 Å². The van der Waals surface area contributed by atoms with Crippen LogP contribution in [0.25, 0.3) is 0 Å². The zero-order chi connectivity index (χ0) is 14.6. The van der Waals surface area contributed by atoms with Crippen molar-refractivity contribution < 1.29 is 13.2 Å². The number of rotatable bonds is 5. The van der Waals surface area contributed by atoms with Crippen molar-refractivity contribution in [3.05, 3.63) is 28.2 Å². The highest BCUT2D eigenvalue weighted by Crippen LogP contribution is 2.36. The van der Waals surface area contributed by atoms with Gasteiger partial charge in [0.1, 0.15) is 0 Å². The van der Waals surface area contributed by atoms with E-state index in [4.69, 9.17) is 0 Å². The molecule has 1 rings (SSSR count). The third-order valence-electron chi connectivity index (χ3n) is 2.95. The van der Waals surface area contributed by atoms with Gasteiger partial charge >= 0.3 is 6.18 Å². The van der Waals surface area contributed by atoms with Crippen molar-refractivity contribution in [1.29, 1.82) is 0 Å². The predicted octanol–water partition coefficient (Wildman–Crippen LogP) is 4.22. The molecule has 6 heteroatoms. The molecule has 1 N–H and O–H groups in total. The van der Waals surface area contributed by atoms with Gasteiger partial charge in [0.2, 0.25) is 0 Å². The number of hydrogen-bond donors (Lipinski definition) is 1. The largest absolute Gasteiger partial charge is 0.418 e. The van der Waals surface area contributed by atoms with Gasteiger partial charge in [-0.15, -0.1) is 0 Å². The summed E-state index contributed by atoms with van der Waals surface area (Å²) in [5.41, 5.74) is -0.526. The average molecular weight is 339 g/mol. The summed E-state index contributed by atoms with van der Waals surface area (Å²) in [5, 5.41) is 2.85. The lowest BCUT2D eigenvalue weighted by molar-refractivity contribution is -0.137. The Bertz CT molecular complexity index is 419. The molecular formula is C13H18BrF3N2. The smallest absolute Gasteiger partial charge is 0.383 e. The highest BCUT2D eigenvalue weighted by molar-refractivity contribution is 9.10. The number of likely N-dealkylation sites (N-methyl/N-ethyl adjacent to an activating group) is 1. The van der Waals surface area contributed by atoms with E-state index in [1.54, 1.807) is 6.07 Å². The Morgan fingerprint density at radius 2 is 1.95 bits per heavy atom. The maximum absolute atomic E-state index is 12.9. The van der Waals surface area contributed by atoms with Crippen LogP contribution >= 0.6 is 15.9 Å². The minimum absolute atomic E-state index is 0.118. The van der Waals surface area contributed by atoms with Gasteiger partial charge in [0.25, 0.3) is 0 Å². The summed E-state index contributed by atoms with van der Waals surface area (Å²) in [5.74, 6) is 0. The second-order valence-corrected chi connectivity index (χ2v) is 5.60. The summed E-state index contributed by atoms with van der Waals surface area (Å²) in [7, 11) is 1.94. The molecule has 2 nitrogen and oxygen atoms in total. The molecule has 0 saturated heterocycles. The van der Waals surface area contributed by atoms with E-state index in [2.05, 4.69) is 26.1 Å². The Labute approximate surface area is 120 Å². The number of nitrogens with zero attached hydrogens (tertiary/aromatic N) is 1. The van der Waals surface area contributed by atoms with Crippen molar-refractivity contribution in [2.45, 2.75) is 26.1 Å². The zero-order valence-electron chi connectivity index (χ0n) is 11.2. The van der Waals surface area contributed by atoms with Gasteiger partial charge in [0.05, 0.1) is 5.56 Å². The summed E-state index contributed by atoms with van der Waals surface area (Å²) in [6, 6.07) is 4.51. The first-order valence-electron chi connectivity index (χ1n) is 6.02. The molecule has 108 valence electrons. The van der Waals surface area contributed by atoms with Crippen LogP contribution in [0.15, 0.2) is 22.7 Å². The van der Waals surface area contributed by atoms with Crippen LogP contribution in [-0.4, -0.2) is 31.1 Å². The fourth-order valence-corrected chi connectivity index (χ4v) is 1.89. The van der Waals surface area contributed by atoms with Gasteiger partial charge in [-0.2, -0.15) is 13.2 Å². The Kier molecular flexibility index (Phi) is 5.67. The lowest BCUT2D eigenvalue weighted by atomic mass is 10.1. The van der Waals surface area contributed by atoms with Crippen LogP contribution in [0, 0.1) is 0 Å². The van der Waals surface area contributed by atoms with Crippen molar-refractivity contribution in [3.8, 4) is 0 Å². The lowest BCUT2D eigenvalue weighted by Crippen LogP contribution is -2.31. The quantitative estimate of drug-likeness (QED) is 0.864. The molecule has 1 aromatic rings. The van der Waals surface area contributed by atoms with Crippen LogP contribution < -0.4 is 5.32 Å². The fraction of sp³-hybridized carbons (Fsp3) is 0.538. The summed E-state index contributed by atoms with van der Waals surface area (Å²) in [6.07, 6.45) is -4.35. The van der Waals surface area contributed by atoms with Crippen molar-refractivity contribution in [1.82, 2.24) is 4.90 Å². The molecular weight excluding hydrogens is 321 g/mol. The van der Waals surface area contributed by atoms with Gasteiger partial charge in [-0.05, 0) is 39.1 Å². The molecule has 0 bridgehead atoms. The van der Waals surface area contributed by atoms with Crippen LogP contribution in [0.1, 0.15) is 19.4 Å².